The monoisotopic (exact) mass is 438 g/mol. The van der Waals surface area contributed by atoms with Gasteiger partial charge >= 0.3 is 5.97 Å². The lowest BCUT2D eigenvalue weighted by Gasteiger charge is -2.30. The number of benzene rings is 2. The molecule has 1 aliphatic rings. The Bertz CT molecular complexity index is 952. The van der Waals surface area contributed by atoms with Crippen LogP contribution in [0.5, 0.6) is 0 Å². The van der Waals surface area contributed by atoms with Crippen LogP contribution in [0.25, 0.3) is 6.08 Å². The standard InChI is InChI=1S/C25H27FN2O4/c1-27(17-20-7-10-22(26)11-8-20)24(30)18-32-25(31)21-13-15-28(16-14-21)23(29)12-9-19-5-3-2-4-6-19/h2-12,21H,13-18H2,1H3/b12-9+. The van der Waals surface area contributed by atoms with Gasteiger partial charge in [0.25, 0.3) is 5.91 Å². The molecule has 1 saturated heterocycles. The summed E-state index contributed by atoms with van der Waals surface area (Å²) in [6.45, 7) is 0.898. The van der Waals surface area contributed by atoms with E-state index in [1.54, 1.807) is 36.2 Å². The first-order chi connectivity index (χ1) is 15.4. The van der Waals surface area contributed by atoms with Gasteiger partial charge in [0.15, 0.2) is 6.61 Å². The number of carbonyl (C=O) groups excluding carboxylic acids is 3. The van der Waals surface area contributed by atoms with Gasteiger partial charge in [-0.05, 0) is 42.2 Å². The Balaban J connectivity index is 1.39. The van der Waals surface area contributed by atoms with Crippen LogP contribution in [0.3, 0.4) is 0 Å². The number of hydrogen-bond donors (Lipinski definition) is 0. The van der Waals surface area contributed by atoms with E-state index >= 15 is 0 Å². The normalized spacial score (nSPS) is 14.4. The van der Waals surface area contributed by atoms with E-state index in [0.29, 0.717) is 32.5 Å². The Hall–Kier alpha value is -3.48. The van der Waals surface area contributed by atoms with Crippen LogP contribution in [-0.4, -0.2) is 54.3 Å². The topological polar surface area (TPSA) is 66.9 Å². The highest BCUT2D eigenvalue weighted by Gasteiger charge is 2.28. The van der Waals surface area contributed by atoms with Gasteiger partial charge in [0.05, 0.1) is 5.92 Å². The Morgan fingerprint density at radius 1 is 1.06 bits per heavy atom. The van der Waals surface area contributed by atoms with E-state index in [-0.39, 0.29) is 30.2 Å². The summed E-state index contributed by atoms with van der Waals surface area (Å²) in [5.41, 5.74) is 1.74. The summed E-state index contributed by atoms with van der Waals surface area (Å²) in [5, 5.41) is 0. The van der Waals surface area contributed by atoms with E-state index in [1.165, 1.54) is 17.0 Å². The summed E-state index contributed by atoms with van der Waals surface area (Å²) in [4.78, 5) is 40.1. The van der Waals surface area contributed by atoms with Gasteiger partial charge < -0.3 is 14.5 Å². The van der Waals surface area contributed by atoms with Crippen molar-refractivity contribution < 1.29 is 23.5 Å². The minimum atomic E-state index is -0.416. The van der Waals surface area contributed by atoms with Gasteiger partial charge in [0, 0.05) is 32.8 Å². The third-order valence-corrected chi connectivity index (χ3v) is 5.45. The summed E-state index contributed by atoms with van der Waals surface area (Å²) in [5.74, 6) is -1.50. The highest BCUT2D eigenvalue weighted by molar-refractivity contribution is 5.92. The molecule has 1 heterocycles. The zero-order chi connectivity index (χ0) is 22.9. The molecular weight excluding hydrogens is 411 g/mol. The number of rotatable bonds is 7. The number of ether oxygens (including phenoxy) is 1. The van der Waals surface area contributed by atoms with Crippen LogP contribution in [0.15, 0.2) is 60.7 Å². The maximum Gasteiger partial charge on any atom is 0.309 e. The second kappa shape index (κ2) is 11.2. The van der Waals surface area contributed by atoms with Gasteiger partial charge in [-0.25, -0.2) is 4.39 Å². The first kappa shape index (κ1) is 23.2. The molecule has 1 fully saturated rings. The molecule has 0 spiro atoms. The number of amides is 2. The Morgan fingerprint density at radius 2 is 1.72 bits per heavy atom. The molecule has 0 bridgehead atoms. The minimum Gasteiger partial charge on any atom is -0.455 e. The summed E-state index contributed by atoms with van der Waals surface area (Å²) < 4.78 is 18.2. The van der Waals surface area contributed by atoms with E-state index in [2.05, 4.69) is 0 Å². The highest BCUT2D eigenvalue weighted by atomic mass is 19.1. The first-order valence-electron chi connectivity index (χ1n) is 10.6. The molecule has 2 amide bonds. The van der Waals surface area contributed by atoms with Gasteiger partial charge in [0.2, 0.25) is 5.91 Å². The number of esters is 1. The molecule has 168 valence electrons. The quantitative estimate of drug-likeness (QED) is 0.492. The third-order valence-electron chi connectivity index (χ3n) is 5.45. The lowest BCUT2D eigenvalue weighted by molar-refractivity contribution is -0.157. The van der Waals surface area contributed by atoms with Crippen LogP contribution < -0.4 is 0 Å². The predicted octanol–water partition coefficient (Wildman–Crippen LogP) is 3.28. The van der Waals surface area contributed by atoms with Crippen molar-refractivity contribution in [1.82, 2.24) is 9.80 Å². The largest absolute Gasteiger partial charge is 0.455 e. The fourth-order valence-electron chi connectivity index (χ4n) is 3.49. The van der Waals surface area contributed by atoms with E-state index in [1.807, 2.05) is 30.3 Å². The maximum absolute atomic E-state index is 13.0. The lowest BCUT2D eigenvalue weighted by Crippen LogP contribution is -2.40. The number of hydrogen-bond acceptors (Lipinski definition) is 4. The molecule has 0 saturated carbocycles. The van der Waals surface area contributed by atoms with Gasteiger partial charge in [-0.1, -0.05) is 42.5 Å². The van der Waals surface area contributed by atoms with Crippen molar-refractivity contribution in [2.24, 2.45) is 5.92 Å². The second-order valence-electron chi connectivity index (χ2n) is 7.83. The Kier molecular flexibility index (Phi) is 8.14. The summed E-state index contributed by atoms with van der Waals surface area (Å²) in [6.07, 6.45) is 4.33. The number of likely N-dealkylation sites (tertiary alicyclic amines) is 1. The zero-order valence-electron chi connectivity index (χ0n) is 18.1. The van der Waals surface area contributed by atoms with Crippen LogP contribution in [-0.2, 0) is 25.7 Å². The fourth-order valence-corrected chi connectivity index (χ4v) is 3.49. The fraction of sp³-hybridized carbons (Fsp3) is 0.320. The van der Waals surface area contributed by atoms with E-state index in [0.717, 1.165) is 11.1 Å². The average molecular weight is 438 g/mol. The number of piperidine rings is 1. The van der Waals surface area contributed by atoms with Crippen molar-refractivity contribution in [2.75, 3.05) is 26.7 Å². The van der Waals surface area contributed by atoms with Crippen molar-refractivity contribution >= 4 is 23.9 Å². The predicted molar refractivity (Wildman–Crippen MR) is 119 cm³/mol. The van der Waals surface area contributed by atoms with E-state index < -0.39 is 5.97 Å². The van der Waals surface area contributed by atoms with E-state index in [9.17, 15) is 18.8 Å². The van der Waals surface area contributed by atoms with Crippen molar-refractivity contribution in [1.29, 1.82) is 0 Å². The zero-order valence-corrected chi connectivity index (χ0v) is 18.1. The van der Waals surface area contributed by atoms with Crippen molar-refractivity contribution in [3.05, 3.63) is 77.6 Å². The van der Waals surface area contributed by atoms with Crippen LogP contribution in [0.1, 0.15) is 24.0 Å². The lowest BCUT2D eigenvalue weighted by atomic mass is 9.97. The molecule has 7 heteroatoms. The second-order valence-corrected chi connectivity index (χ2v) is 7.83. The molecule has 1 aliphatic heterocycles. The van der Waals surface area contributed by atoms with Crippen LogP contribution in [0, 0.1) is 11.7 Å². The van der Waals surface area contributed by atoms with Crippen LogP contribution >= 0.6 is 0 Å². The number of nitrogens with zero attached hydrogens (tertiary/aromatic N) is 2. The van der Waals surface area contributed by atoms with Crippen molar-refractivity contribution in [3.63, 3.8) is 0 Å². The maximum atomic E-state index is 13.0. The molecule has 0 atom stereocenters. The van der Waals surface area contributed by atoms with Gasteiger partial charge in [0.1, 0.15) is 5.82 Å². The number of carbonyl (C=O) groups is 3. The van der Waals surface area contributed by atoms with Crippen molar-refractivity contribution in [3.8, 4) is 0 Å². The number of halogens is 1. The molecule has 32 heavy (non-hydrogen) atoms. The van der Waals surface area contributed by atoms with Gasteiger partial charge in [-0.3, -0.25) is 14.4 Å². The molecule has 6 nitrogen and oxygen atoms in total. The van der Waals surface area contributed by atoms with Crippen molar-refractivity contribution in [2.45, 2.75) is 19.4 Å². The Morgan fingerprint density at radius 3 is 2.38 bits per heavy atom. The Labute approximate surface area is 187 Å². The summed E-state index contributed by atoms with van der Waals surface area (Å²) in [7, 11) is 1.60. The third kappa shape index (κ3) is 6.77. The molecule has 0 aliphatic carbocycles. The van der Waals surface area contributed by atoms with E-state index in [4.69, 9.17) is 4.74 Å². The molecule has 0 N–H and O–H groups in total. The summed E-state index contributed by atoms with van der Waals surface area (Å²) >= 11 is 0. The average Bonchev–Trinajstić information content (AvgIpc) is 2.83. The molecule has 0 unspecified atom stereocenters. The molecule has 0 radical (unpaired) electrons. The van der Waals surface area contributed by atoms with Gasteiger partial charge in [-0.15, -0.1) is 0 Å². The van der Waals surface area contributed by atoms with Gasteiger partial charge in [-0.2, -0.15) is 0 Å². The van der Waals surface area contributed by atoms with Crippen LogP contribution in [0.2, 0.25) is 0 Å². The molecule has 0 aromatic heterocycles. The highest BCUT2D eigenvalue weighted by Crippen LogP contribution is 2.19. The summed E-state index contributed by atoms with van der Waals surface area (Å²) in [6, 6.07) is 15.5. The smallest absolute Gasteiger partial charge is 0.309 e. The van der Waals surface area contributed by atoms with Crippen LogP contribution in [0.4, 0.5) is 4.39 Å². The minimum absolute atomic E-state index is 0.0849. The molecular formula is C25H27FN2O4. The molecule has 3 rings (SSSR count). The SMILES string of the molecule is CN(Cc1ccc(F)cc1)C(=O)COC(=O)C1CCN(C(=O)/C=C/c2ccccc2)CC1. The molecule has 2 aromatic rings. The number of likely N-dealkylation sites (N-methyl/N-ethyl adjacent to an activating group) is 1. The molecule has 2 aromatic carbocycles. The first-order valence-corrected chi connectivity index (χ1v) is 10.6.